The zero-order valence-electron chi connectivity index (χ0n) is 17.3. The van der Waals surface area contributed by atoms with E-state index in [0.29, 0.717) is 49.2 Å². The number of carbonyl (C=O) groups excluding carboxylic acids is 1. The van der Waals surface area contributed by atoms with E-state index in [0.717, 1.165) is 5.69 Å². The molecule has 1 aliphatic rings. The Bertz CT molecular complexity index is 1050. The summed E-state index contributed by atoms with van der Waals surface area (Å²) in [7, 11) is 0. The van der Waals surface area contributed by atoms with Gasteiger partial charge in [-0.3, -0.25) is 9.48 Å². The highest BCUT2D eigenvalue weighted by Crippen LogP contribution is 2.35. The summed E-state index contributed by atoms with van der Waals surface area (Å²) in [5, 5.41) is 8.42. The Morgan fingerprint density at radius 2 is 2.03 bits per heavy atom. The van der Waals surface area contributed by atoms with E-state index >= 15 is 0 Å². The van der Waals surface area contributed by atoms with Gasteiger partial charge in [-0.15, -0.1) is 0 Å². The number of rotatable bonds is 5. The zero-order chi connectivity index (χ0) is 21.4. The number of amides is 1. The molecule has 4 heterocycles. The van der Waals surface area contributed by atoms with Gasteiger partial charge in [-0.1, -0.05) is 12.1 Å². The van der Waals surface area contributed by atoms with Crippen LogP contribution in [0.25, 0.3) is 11.1 Å². The number of carbonyl (C=O) groups is 1. The van der Waals surface area contributed by atoms with Crippen LogP contribution < -0.4 is 0 Å². The third-order valence-corrected chi connectivity index (χ3v) is 5.78. The van der Waals surface area contributed by atoms with Crippen molar-refractivity contribution in [2.45, 2.75) is 52.5 Å². The summed E-state index contributed by atoms with van der Waals surface area (Å²) >= 11 is 0. The van der Waals surface area contributed by atoms with E-state index in [1.54, 1.807) is 11.6 Å². The van der Waals surface area contributed by atoms with Crippen LogP contribution in [0.3, 0.4) is 0 Å². The molecule has 0 saturated carbocycles. The van der Waals surface area contributed by atoms with Gasteiger partial charge in [-0.05, 0) is 38.8 Å². The molecule has 9 heteroatoms. The highest BCUT2D eigenvalue weighted by atomic mass is 19.3. The number of fused-ring (bicyclic) bond motifs is 1. The number of aromatic nitrogens is 4. The summed E-state index contributed by atoms with van der Waals surface area (Å²) in [5.41, 5.74) is 1.99. The van der Waals surface area contributed by atoms with E-state index in [-0.39, 0.29) is 29.0 Å². The number of pyridine rings is 1. The number of nitrogens with zero attached hydrogens (tertiary/aromatic N) is 5. The van der Waals surface area contributed by atoms with Crippen molar-refractivity contribution >= 4 is 17.0 Å². The highest BCUT2D eigenvalue weighted by Gasteiger charge is 2.29. The van der Waals surface area contributed by atoms with Crippen LogP contribution in [0.2, 0.25) is 0 Å². The largest absolute Gasteiger partial charge is 0.342 e. The molecule has 3 aromatic heterocycles. The van der Waals surface area contributed by atoms with Gasteiger partial charge in [-0.2, -0.15) is 5.10 Å². The lowest BCUT2D eigenvalue weighted by atomic mass is 9.91. The van der Waals surface area contributed by atoms with E-state index in [1.165, 1.54) is 6.07 Å². The molecule has 3 aromatic rings. The third-order valence-electron chi connectivity index (χ3n) is 5.78. The second-order valence-corrected chi connectivity index (χ2v) is 8.06. The molecule has 4 rings (SSSR count). The summed E-state index contributed by atoms with van der Waals surface area (Å²) in [5.74, 6) is -0.0903. The van der Waals surface area contributed by atoms with Gasteiger partial charge < -0.3 is 9.42 Å². The average Bonchev–Trinajstić information content (AvgIpc) is 3.32. The first kappa shape index (κ1) is 20.4. The Labute approximate surface area is 173 Å². The van der Waals surface area contributed by atoms with Crippen molar-refractivity contribution in [1.29, 1.82) is 0 Å². The molecular weight excluding hydrogens is 392 g/mol. The number of hydrogen-bond acceptors (Lipinski definition) is 5. The molecule has 1 fully saturated rings. The molecule has 0 spiro atoms. The van der Waals surface area contributed by atoms with Crippen LogP contribution >= 0.6 is 0 Å². The molecule has 0 radical (unpaired) electrons. The maximum Gasteiger partial charge on any atom is 0.264 e. The molecule has 160 valence electrons. The van der Waals surface area contributed by atoms with Gasteiger partial charge in [0, 0.05) is 36.5 Å². The lowest BCUT2D eigenvalue weighted by molar-refractivity contribution is -0.136. The fraction of sp³-hybridized carbons (Fsp3) is 0.524. The molecule has 1 saturated heterocycles. The number of halogens is 2. The van der Waals surface area contributed by atoms with Crippen molar-refractivity contribution in [1.82, 2.24) is 24.8 Å². The molecule has 1 amide bonds. The Morgan fingerprint density at radius 1 is 1.30 bits per heavy atom. The van der Waals surface area contributed by atoms with E-state index < -0.39 is 6.43 Å². The van der Waals surface area contributed by atoms with Crippen molar-refractivity contribution in [3.05, 3.63) is 41.0 Å². The molecule has 1 aliphatic heterocycles. The minimum Gasteiger partial charge on any atom is -0.342 e. The van der Waals surface area contributed by atoms with Crippen LogP contribution in [-0.4, -0.2) is 43.8 Å². The summed E-state index contributed by atoms with van der Waals surface area (Å²) in [6.45, 7) is 7.14. The van der Waals surface area contributed by atoms with Gasteiger partial charge in [0.2, 0.25) is 5.91 Å². The van der Waals surface area contributed by atoms with Gasteiger partial charge >= 0.3 is 0 Å². The predicted octanol–water partition coefficient (Wildman–Crippen LogP) is 4.02. The first-order valence-corrected chi connectivity index (χ1v) is 10.2. The van der Waals surface area contributed by atoms with Crippen molar-refractivity contribution in [2.75, 3.05) is 13.1 Å². The molecule has 0 bridgehead atoms. The number of likely N-dealkylation sites (tertiary alicyclic amines) is 1. The van der Waals surface area contributed by atoms with Gasteiger partial charge in [0.15, 0.2) is 0 Å². The Hall–Kier alpha value is -2.84. The second-order valence-electron chi connectivity index (χ2n) is 8.06. The zero-order valence-corrected chi connectivity index (χ0v) is 17.3. The normalized spacial score (nSPS) is 16.5. The quantitative estimate of drug-likeness (QED) is 0.627. The fourth-order valence-corrected chi connectivity index (χ4v) is 4.16. The van der Waals surface area contributed by atoms with Gasteiger partial charge in [-0.25, -0.2) is 13.8 Å². The maximum absolute atomic E-state index is 13.6. The molecule has 30 heavy (non-hydrogen) atoms. The topological polar surface area (TPSA) is 77.0 Å². The second kappa shape index (κ2) is 8.12. The van der Waals surface area contributed by atoms with E-state index in [2.05, 4.69) is 15.2 Å². The van der Waals surface area contributed by atoms with Crippen LogP contribution in [0.15, 0.2) is 22.9 Å². The SMILES string of the molecule is Cc1ccn(C[C@@H](C)C(=O)N2CCC(c3cc(C(F)F)c4c(C)noc4n3)CC2)n1. The highest BCUT2D eigenvalue weighted by molar-refractivity contribution is 5.80. The van der Waals surface area contributed by atoms with E-state index in [4.69, 9.17) is 4.52 Å². The number of aryl methyl sites for hydroxylation is 2. The predicted molar refractivity (Wildman–Crippen MR) is 106 cm³/mol. The third kappa shape index (κ3) is 3.93. The Balaban J connectivity index is 1.43. The molecule has 0 aliphatic carbocycles. The Kier molecular flexibility index (Phi) is 5.53. The van der Waals surface area contributed by atoms with Crippen LogP contribution in [0.4, 0.5) is 8.78 Å². The number of hydrogen-bond donors (Lipinski definition) is 0. The minimum atomic E-state index is -2.62. The van der Waals surface area contributed by atoms with E-state index in [9.17, 15) is 13.6 Å². The fourth-order valence-electron chi connectivity index (χ4n) is 4.16. The summed E-state index contributed by atoms with van der Waals surface area (Å²) in [6.07, 6.45) is 0.598. The van der Waals surface area contributed by atoms with Crippen LogP contribution in [-0.2, 0) is 11.3 Å². The summed E-state index contributed by atoms with van der Waals surface area (Å²) in [4.78, 5) is 19.1. The standard InChI is InChI=1S/C21H25F2N5O2/c1-12(11-28-9-4-13(2)25-28)21(29)27-7-5-15(6-8-27)17-10-16(19(22)23)18-14(3)26-30-20(18)24-17/h4,9-10,12,15,19H,5-8,11H2,1-3H3/t12-/m1/s1. The molecule has 7 nitrogen and oxygen atoms in total. The van der Waals surface area contributed by atoms with E-state index in [1.807, 2.05) is 31.0 Å². The van der Waals surface area contributed by atoms with Gasteiger partial charge in [0.25, 0.3) is 12.1 Å². The lowest BCUT2D eigenvalue weighted by Gasteiger charge is -2.33. The first-order chi connectivity index (χ1) is 14.3. The van der Waals surface area contributed by atoms with Crippen molar-refractivity contribution in [3.8, 4) is 0 Å². The van der Waals surface area contributed by atoms with Gasteiger partial charge in [0.1, 0.15) is 0 Å². The summed E-state index contributed by atoms with van der Waals surface area (Å²) < 4.78 is 34.1. The smallest absolute Gasteiger partial charge is 0.264 e. The van der Waals surface area contributed by atoms with Crippen molar-refractivity contribution in [2.24, 2.45) is 5.92 Å². The molecule has 0 aromatic carbocycles. The van der Waals surface area contributed by atoms with Crippen molar-refractivity contribution in [3.63, 3.8) is 0 Å². The number of piperidine rings is 1. The van der Waals surface area contributed by atoms with Gasteiger partial charge in [0.05, 0.1) is 29.2 Å². The monoisotopic (exact) mass is 417 g/mol. The molecule has 1 atom stereocenters. The van der Waals surface area contributed by atoms with Crippen molar-refractivity contribution < 1.29 is 18.1 Å². The maximum atomic E-state index is 13.6. The first-order valence-electron chi connectivity index (χ1n) is 10.2. The van der Waals surface area contributed by atoms with Crippen LogP contribution in [0.1, 0.15) is 54.8 Å². The molecule has 0 N–H and O–H groups in total. The average molecular weight is 417 g/mol. The lowest BCUT2D eigenvalue weighted by Crippen LogP contribution is -2.41. The van der Waals surface area contributed by atoms with Crippen LogP contribution in [0.5, 0.6) is 0 Å². The number of alkyl halides is 2. The minimum absolute atomic E-state index is 0.00503. The van der Waals surface area contributed by atoms with Crippen LogP contribution in [0, 0.1) is 19.8 Å². The summed E-state index contributed by atoms with van der Waals surface area (Å²) in [6, 6.07) is 3.39. The molecular formula is C21H25F2N5O2. The molecule has 0 unspecified atom stereocenters. The Morgan fingerprint density at radius 3 is 2.67 bits per heavy atom.